The highest BCUT2D eigenvalue weighted by Gasteiger charge is 2.34. The third-order valence-corrected chi connectivity index (χ3v) is 6.89. The zero-order valence-electron chi connectivity index (χ0n) is 21.6. The number of carbonyl (C=O) groups excluding carboxylic acids is 3. The molecule has 0 aliphatic carbocycles. The summed E-state index contributed by atoms with van der Waals surface area (Å²) in [5, 5.41) is 10.3. The molecular formula is C29H34N4O5. The third-order valence-electron chi connectivity index (χ3n) is 6.89. The predicted molar refractivity (Wildman–Crippen MR) is 142 cm³/mol. The summed E-state index contributed by atoms with van der Waals surface area (Å²) < 4.78 is 7.80. The summed E-state index contributed by atoms with van der Waals surface area (Å²) in [4.78, 5) is 41.6. The van der Waals surface area contributed by atoms with Crippen molar-refractivity contribution in [1.82, 2.24) is 14.5 Å². The van der Waals surface area contributed by atoms with Crippen LogP contribution in [0.25, 0.3) is 0 Å². The minimum absolute atomic E-state index is 0.170. The zero-order chi connectivity index (χ0) is 27.1. The van der Waals surface area contributed by atoms with Gasteiger partial charge in [0.1, 0.15) is 11.4 Å². The number of rotatable bonds is 14. The number of amides is 3. The number of imidazole rings is 1. The van der Waals surface area contributed by atoms with Crippen LogP contribution in [0.4, 0.5) is 0 Å². The van der Waals surface area contributed by atoms with E-state index in [2.05, 4.69) is 4.98 Å². The first-order valence-electron chi connectivity index (χ1n) is 13.0. The highest BCUT2D eigenvalue weighted by molar-refractivity contribution is 6.21. The lowest BCUT2D eigenvalue weighted by Crippen LogP contribution is -2.30. The molecule has 1 aliphatic rings. The lowest BCUT2D eigenvalue weighted by Gasteiger charge is -2.22. The first-order valence-corrected chi connectivity index (χ1v) is 13.0. The largest absolute Gasteiger partial charge is 0.493 e. The van der Waals surface area contributed by atoms with E-state index in [9.17, 15) is 19.5 Å². The maximum Gasteiger partial charge on any atom is 0.268 e. The topological polar surface area (TPSA) is 128 Å². The van der Waals surface area contributed by atoms with Crippen LogP contribution in [0.3, 0.4) is 0 Å². The van der Waals surface area contributed by atoms with Crippen molar-refractivity contribution in [2.75, 3.05) is 13.2 Å². The molecule has 4 rings (SSSR count). The van der Waals surface area contributed by atoms with Crippen molar-refractivity contribution >= 4 is 17.7 Å². The van der Waals surface area contributed by atoms with Crippen LogP contribution in [0.15, 0.2) is 61.1 Å². The van der Waals surface area contributed by atoms with Crippen molar-refractivity contribution < 1.29 is 24.2 Å². The van der Waals surface area contributed by atoms with Crippen LogP contribution >= 0.6 is 0 Å². The quantitative estimate of drug-likeness (QED) is 0.247. The first-order chi connectivity index (χ1) is 18.4. The molecule has 0 saturated heterocycles. The molecule has 2 aromatic carbocycles. The average Bonchev–Trinajstić information content (AvgIpc) is 3.49. The van der Waals surface area contributed by atoms with Gasteiger partial charge in [0.25, 0.3) is 17.7 Å². The van der Waals surface area contributed by atoms with Gasteiger partial charge < -0.3 is 20.1 Å². The number of nitrogens with zero attached hydrogens (tertiary/aromatic N) is 3. The lowest BCUT2D eigenvalue weighted by molar-refractivity contribution is 0.0651. The molecule has 2 atom stereocenters. The van der Waals surface area contributed by atoms with Crippen molar-refractivity contribution in [3.8, 4) is 5.75 Å². The Labute approximate surface area is 222 Å². The molecular weight excluding hydrogens is 484 g/mol. The van der Waals surface area contributed by atoms with Gasteiger partial charge in [0.15, 0.2) is 0 Å². The van der Waals surface area contributed by atoms with E-state index in [1.54, 1.807) is 42.0 Å². The van der Waals surface area contributed by atoms with E-state index in [0.717, 1.165) is 37.0 Å². The van der Waals surface area contributed by atoms with Crippen molar-refractivity contribution in [3.63, 3.8) is 0 Å². The Morgan fingerprint density at radius 3 is 2.32 bits per heavy atom. The molecule has 9 nitrogen and oxygen atoms in total. The van der Waals surface area contributed by atoms with Crippen LogP contribution in [-0.4, -0.2) is 56.5 Å². The van der Waals surface area contributed by atoms with Crippen LogP contribution < -0.4 is 10.5 Å². The molecule has 0 saturated carbocycles. The number of imide groups is 1. The van der Waals surface area contributed by atoms with Crippen LogP contribution in [-0.2, 0) is 6.42 Å². The number of aliphatic hydroxyl groups is 1. The molecule has 3 amide bonds. The monoisotopic (exact) mass is 518 g/mol. The minimum atomic E-state index is -0.640. The zero-order valence-corrected chi connectivity index (χ0v) is 21.6. The van der Waals surface area contributed by atoms with Crippen LogP contribution in [0.5, 0.6) is 5.75 Å². The van der Waals surface area contributed by atoms with Crippen molar-refractivity contribution in [3.05, 3.63) is 83.4 Å². The molecule has 3 N–H and O–H groups in total. The summed E-state index contributed by atoms with van der Waals surface area (Å²) in [5.41, 5.74) is 7.50. The number of nitrogens with two attached hydrogens (primary N) is 1. The van der Waals surface area contributed by atoms with E-state index in [1.807, 2.05) is 24.3 Å². The Balaban J connectivity index is 1.20. The highest BCUT2D eigenvalue weighted by Crippen LogP contribution is 2.26. The first kappa shape index (κ1) is 27.1. The summed E-state index contributed by atoms with van der Waals surface area (Å²) in [7, 11) is 0. The molecule has 200 valence electrons. The number of fused-ring (bicyclic) bond motifs is 1. The third kappa shape index (κ3) is 6.28. The van der Waals surface area contributed by atoms with Gasteiger partial charge in [-0.2, -0.15) is 0 Å². The van der Waals surface area contributed by atoms with Gasteiger partial charge in [0, 0.05) is 12.7 Å². The molecule has 0 unspecified atom stereocenters. The standard InChI is InChI=1S/C29H34N4O5/c1-20(34)25(32-18-24(27(30)35)31-19-32)15-14-21-10-4-7-13-26(21)38-17-9-3-2-8-16-33-28(36)22-11-5-6-12-23(22)29(33)37/h4-7,10-13,18-20,25,34H,2-3,8-9,14-17H2,1H3,(H2,30,35)/t20-,25+/m0/s1. The van der Waals surface area contributed by atoms with Crippen molar-refractivity contribution in [2.45, 2.75) is 57.6 Å². The summed E-state index contributed by atoms with van der Waals surface area (Å²) in [6.45, 7) is 2.71. The minimum Gasteiger partial charge on any atom is -0.493 e. The van der Waals surface area contributed by atoms with Crippen molar-refractivity contribution in [1.29, 1.82) is 0 Å². The normalized spacial score (nSPS) is 14.4. The number of hydrogen-bond acceptors (Lipinski definition) is 6. The molecule has 0 spiro atoms. The van der Waals surface area contributed by atoms with Gasteiger partial charge in [0.05, 0.1) is 36.2 Å². The van der Waals surface area contributed by atoms with E-state index in [1.165, 1.54) is 11.2 Å². The Bertz CT molecular complexity index is 1250. The van der Waals surface area contributed by atoms with E-state index in [-0.39, 0.29) is 23.6 Å². The van der Waals surface area contributed by atoms with Crippen LogP contribution in [0.2, 0.25) is 0 Å². The predicted octanol–water partition coefficient (Wildman–Crippen LogP) is 3.77. The fourth-order valence-electron chi connectivity index (χ4n) is 4.79. The van der Waals surface area contributed by atoms with E-state index < -0.39 is 12.0 Å². The second-order valence-corrected chi connectivity index (χ2v) is 9.59. The number of aromatic nitrogens is 2. The maximum atomic E-state index is 12.5. The fraction of sp³-hybridized carbons (Fsp3) is 0.379. The Morgan fingerprint density at radius 1 is 1.00 bits per heavy atom. The molecule has 9 heteroatoms. The summed E-state index contributed by atoms with van der Waals surface area (Å²) in [6, 6.07) is 14.5. The summed E-state index contributed by atoms with van der Waals surface area (Å²) in [5.74, 6) is -0.198. The van der Waals surface area contributed by atoms with Crippen LogP contribution in [0, 0.1) is 0 Å². The number of carbonyl (C=O) groups is 3. The number of para-hydroxylation sites is 1. The summed E-state index contributed by atoms with van der Waals surface area (Å²) >= 11 is 0. The van der Waals surface area contributed by atoms with Gasteiger partial charge in [-0.3, -0.25) is 19.3 Å². The molecule has 38 heavy (non-hydrogen) atoms. The van der Waals surface area contributed by atoms with Crippen molar-refractivity contribution in [2.24, 2.45) is 5.73 Å². The van der Waals surface area contributed by atoms with E-state index >= 15 is 0 Å². The Hall–Kier alpha value is -3.98. The lowest BCUT2D eigenvalue weighted by atomic mass is 10.0. The van der Waals surface area contributed by atoms with Crippen LogP contribution in [0.1, 0.15) is 81.8 Å². The molecule has 1 aliphatic heterocycles. The number of hydrogen-bond donors (Lipinski definition) is 2. The number of aliphatic hydroxyl groups excluding tert-OH is 1. The van der Waals surface area contributed by atoms with E-state index in [4.69, 9.17) is 10.5 Å². The SMILES string of the molecule is C[C@H](O)[C@@H](CCc1ccccc1OCCCCCCN1C(=O)c2ccccc2C1=O)n1cnc(C(N)=O)c1. The smallest absolute Gasteiger partial charge is 0.268 e. The maximum absolute atomic E-state index is 12.5. The molecule has 0 fully saturated rings. The molecule has 1 aromatic heterocycles. The molecule has 0 radical (unpaired) electrons. The van der Waals surface area contributed by atoms with Gasteiger partial charge >= 0.3 is 0 Å². The van der Waals surface area contributed by atoms with Gasteiger partial charge in [0.2, 0.25) is 0 Å². The summed E-state index contributed by atoms with van der Waals surface area (Å²) in [6.07, 6.45) is 7.20. The highest BCUT2D eigenvalue weighted by atomic mass is 16.5. The van der Waals surface area contributed by atoms with Gasteiger partial charge in [-0.15, -0.1) is 0 Å². The fourth-order valence-corrected chi connectivity index (χ4v) is 4.79. The molecule has 0 bridgehead atoms. The van der Waals surface area contributed by atoms with Gasteiger partial charge in [-0.05, 0) is 56.4 Å². The Kier molecular flexibility index (Phi) is 8.91. The molecule has 3 aromatic rings. The molecule has 2 heterocycles. The van der Waals surface area contributed by atoms with Gasteiger partial charge in [-0.1, -0.05) is 43.2 Å². The average molecular weight is 519 g/mol. The Morgan fingerprint density at radius 2 is 1.66 bits per heavy atom. The number of primary amides is 1. The van der Waals surface area contributed by atoms with E-state index in [0.29, 0.717) is 37.1 Å². The number of aryl methyl sites for hydroxylation is 1. The second kappa shape index (κ2) is 12.5. The number of unbranched alkanes of at least 4 members (excludes halogenated alkanes) is 3. The second-order valence-electron chi connectivity index (χ2n) is 9.59. The van der Waals surface area contributed by atoms with Gasteiger partial charge in [-0.25, -0.2) is 4.98 Å². The number of benzene rings is 2. The number of ether oxygens (including phenoxy) is 1.